The summed E-state index contributed by atoms with van der Waals surface area (Å²) in [6.45, 7) is 0. The molecule has 24 heavy (non-hydrogen) atoms. The minimum absolute atomic E-state index is 0.167. The number of carbonyl (C=O) groups is 2. The number of hydrogen-bond acceptors (Lipinski definition) is 3. The molecule has 126 valence electrons. The van der Waals surface area contributed by atoms with Crippen LogP contribution in [0.3, 0.4) is 0 Å². The number of nitrogens with two attached hydrogens (primary N) is 1. The zero-order valence-corrected chi connectivity index (χ0v) is 12.6. The molecule has 1 amide bonds. The lowest BCUT2D eigenvalue weighted by Crippen LogP contribution is -2.46. The number of rotatable bonds is 6. The summed E-state index contributed by atoms with van der Waals surface area (Å²) in [5, 5.41) is 11.5. The molecule has 0 heterocycles. The van der Waals surface area contributed by atoms with E-state index in [-0.39, 0.29) is 12.0 Å². The van der Waals surface area contributed by atoms with E-state index >= 15 is 0 Å². The third-order valence-electron chi connectivity index (χ3n) is 3.51. The number of aliphatic carboxylic acids is 1. The van der Waals surface area contributed by atoms with Crippen LogP contribution in [0, 0.1) is 11.6 Å². The predicted octanol–water partition coefficient (Wildman–Crippen LogP) is 1.78. The molecule has 0 aromatic heterocycles. The molecule has 2 atom stereocenters. The molecule has 2 rings (SSSR count). The Bertz CT molecular complexity index is 735. The van der Waals surface area contributed by atoms with Crippen LogP contribution in [0.15, 0.2) is 48.5 Å². The molecule has 2 aromatic carbocycles. The number of carbonyl (C=O) groups excluding carboxylic acids is 1. The van der Waals surface area contributed by atoms with Crippen LogP contribution < -0.4 is 11.1 Å². The summed E-state index contributed by atoms with van der Waals surface area (Å²) in [6, 6.07) is 8.19. The third kappa shape index (κ3) is 4.36. The second-order valence-electron chi connectivity index (χ2n) is 5.22. The molecular weight excluding hydrogens is 318 g/mol. The molecule has 4 N–H and O–H groups in total. The minimum Gasteiger partial charge on any atom is -0.480 e. The molecule has 0 aliphatic rings. The van der Waals surface area contributed by atoms with Gasteiger partial charge >= 0.3 is 5.97 Å². The van der Waals surface area contributed by atoms with Gasteiger partial charge in [-0.05, 0) is 29.3 Å². The maximum absolute atomic E-state index is 13.6. The van der Waals surface area contributed by atoms with Gasteiger partial charge in [0, 0.05) is 6.42 Å². The normalized spacial score (nSPS) is 13.1. The topological polar surface area (TPSA) is 92.4 Å². The lowest BCUT2D eigenvalue weighted by atomic mass is 10.0. The smallest absolute Gasteiger partial charge is 0.326 e. The first-order valence-corrected chi connectivity index (χ1v) is 7.16. The Labute approximate surface area is 137 Å². The van der Waals surface area contributed by atoms with Gasteiger partial charge in [0.2, 0.25) is 5.91 Å². The second-order valence-corrected chi connectivity index (χ2v) is 5.22. The Hall–Kier alpha value is -2.80. The van der Waals surface area contributed by atoms with E-state index in [4.69, 9.17) is 5.73 Å². The molecule has 0 aliphatic heterocycles. The molecule has 0 fully saturated rings. The highest BCUT2D eigenvalue weighted by atomic mass is 19.1. The fourth-order valence-electron chi connectivity index (χ4n) is 2.17. The van der Waals surface area contributed by atoms with Crippen LogP contribution >= 0.6 is 0 Å². The van der Waals surface area contributed by atoms with E-state index in [2.05, 4.69) is 5.32 Å². The average Bonchev–Trinajstić information content (AvgIpc) is 2.56. The lowest BCUT2D eigenvalue weighted by Gasteiger charge is -2.18. The van der Waals surface area contributed by atoms with Gasteiger partial charge < -0.3 is 16.2 Å². The first-order valence-electron chi connectivity index (χ1n) is 7.16. The first-order chi connectivity index (χ1) is 11.4. The van der Waals surface area contributed by atoms with Gasteiger partial charge in [0.05, 0.1) is 0 Å². The Morgan fingerprint density at radius 3 is 2.29 bits per heavy atom. The fraction of sp³-hybridized carbons (Fsp3) is 0.176. The van der Waals surface area contributed by atoms with Crippen LogP contribution in [0.4, 0.5) is 8.78 Å². The van der Waals surface area contributed by atoms with Crippen LogP contribution in [-0.4, -0.2) is 23.0 Å². The third-order valence-corrected chi connectivity index (χ3v) is 3.51. The van der Waals surface area contributed by atoms with Crippen LogP contribution in [0.1, 0.15) is 17.2 Å². The van der Waals surface area contributed by atoms with E-state index < -0.39 is 35.6 Å². The molecule has 2 aromatic rings. The Morgan fingerprint density at radius 2 is 1.71 bits per heavy atom. The summed E-state index contributed by atoms with van der Waals surface area (Å²) in [6.07, 6.45) is -0.218. The van der Waals surface area contributed by atoms with Crippen molar-refractivity contribution in [2.24, 2.45) is 5.73 Å². The van der Waals surface area contributed by atoms with Crippen molar-refractivity contribution in [2.45, 2.75) is 18.5 Å². The maximum Gasteiger partial charge on any atom is 0.326 e. The van der Waals surface area contributed by atoms with Gasteiger partial charge in [-0.15, -0.1) is 0 Å². The van der Waals surface area contributed by atoms with E-state index in [1.165, 1.54) is 30.3 Å². The molecule has 0 radical (unpaired) electrons. The van der Waals surface area contributed by atoms with Crippen LogP contribution in [0.5, 0.6) is 0 Å². The molecule has 0 bridgehead atoms. The molecule has 5 nitrogen and oxygen atoms in total. The van der Waals surface area contributed by atoms with Crippen molar-refractivity contribution in [1.82, 2.24) is 5.32 Å². The van der Waals surface area contributed by atoms with Crippen molar-refractivity contribution in [2.75, 3.05) is 0 Å². The van der Waals surface area contributed by atoms with Gasteiger partial charge in [-0.1, -0.05) is 30.3 Å². The van der Waals surface area contributed by atoms with Gasteiger partial charge in [-0.25, -0.2) is 13.6 Å². The first kappa shape index (κ1) is 17.6. The number of carboxylic acid groups (broad SMARTS) is 1. The van der Waals surface area contributed by atoms with E-state index in [0.717, 1.165) is 12.1 Å². The molecule has 0 aliphatic carbocycles. The molecular formula is C17H16F2N2O3. The summed E-state index contributed by atoms with van der Waals surface area (Å²) < 4.78 is 26.5. The number of halogens is 2. The highest BCUT2D eigenvalue weighted by Crippen LogP contribution is 2.13. The highest BCUT2D eigenvalue weighted by Gasteiger charge is 2.25. The zero-order valence-electron chi connectivity index (χ0n) is 12.6. The van der Waals surface area contributed by atoms with Crippen LogP contribution in [0.2, 0.25) is 0 Å². The average molecular weight is 334 g/mol. The molecule has 0 saturated heterocycles. The fourth-order valence-corrected chi connectivity index (χ4v) is 2.17. The van der Waals surface area contributed by atoms with Crippen LogP contribution in [0.25, 0.3) is 0 Å². The monoisotopic (exact) mass is 334 g/mol. The summed E-state index contributed by atoms with van der Waals surface area (Å²) in [5.41, 5.74) is 6.26. The number of carboxylic acids is 1. The second kappa shape index (κ2) is 7.65. The van der Waals surface area contributed by atoms with Crippen molar-refractivity contribution in [3.63, 3.8) is 0 Å². The summed E-state index contributed by atoms with van der Waals surface area (Å²) in [7, 11) is 0. The largest absolute Gasteiger partial charge is 0.480 e. The van der Waals surface area contributed by atoms with Crippen molar-refractivity contribution >= 4 is 11.9 Å². The quantitative estimate of drug-likeness (QED) is 0.751. The van der Waals surface area contributed by atoms with Crippen molar-refractivity contribution < 1.29 is 23.5 Å². The number of hydrogen-bond donors (Lipinski definition) is 3. The predicted molar refractivity (Wildman–Crippen MR) is 83.0 cm³/mol. The number of benzene rings is 2. The van der Waals surface area contributed by atoms with Gasteiger partial charge in [-0.3, -0.25) is 4.79 Å². The minimum atomic E-state index is -1.33. The molecule has 0 spiro atoms. The van der Waals surface area contributed by atoms with Gasteiger partial charge in [0.15, 0.2) is 0 Å². The SMILES string of the molecule is N[C@H](C(=O)NC(Cc1ccccc1F)C(=O)O)c1ccc(F)cc1. The zero-order chi connectivity index (χ0) is 17.7. The van der Waals surface area contributed by atoms with Crippen molar-refractivity contribution in [1.29, 1.82) is 0 Å². The Balaban J connectivity index is 2.09. The maximum atomic E-state index is 13.6. The van der Waals surface area contributed by atoms with E-state index in [1.807, 2.05) is 0 Å². The number of amides is 1. The van der Waals surface area contributed by atoms with Crippen LogP contribution in [-0.2, 0) is 16.0 Å². The van der Waals surface area contributed by atoms with Crippen molar-refractivity contribution in [3.05, 3.63) is 71.3 Å². The standard InChI is InChI=1S/C17H16F2N2O3/c18-12-7-5-10(6-8-12)15(20)16(22)21-14(17(23)24)9-11-3-1-2-4-13(11)19/h1-8,14-15H,9,20H2,(H,21,22)(H,23,24)/t14?,15-/m0/s1. The summed E-state index contributed by atoms with van der Waals surface area (Å²) in [5.74, 6) is -3.08. The van der Waals surface area contributed by atoms with Gasteiger partial charge in [-0.2, -0.15) is 0 Å². The molecule has 0 saturated carbocycles. The van der Waals surface area contributed by atoms with Crippen molar-refractivity contribution in [3.8, 4) is 0 Å². The Morgan fingerprint density at radius 1 is 1.08 bits per heavy atom. The Kier molecular flexibility index (Phi) is 5.59. The van der Waals surface area contributed by atoms with Gasteiger partial charge in [0.1, 0.15) is 23.7 Å². The lowest BCUT2D eigenvalue weighted by molar-refractivity contribution is -0.142. The summed E-state index contributed by atoms with van der Waals surface area (Å²) in [4.78, 5) is 23.5. The van der Waals surface area contributed by atoms with Gasteiger partial charge in [0.25, 0.3) is 0 Å². The van der Waals surface area contributed by atoms with E-state index in [9.17, 15) is 23.5 Å². The summed E-state index contributed by atoms with van der Waals surface area (Å²) >= 11 is 0. The number of nitrogens with one attached hydrogen (secondary N) is 1. The molecule has 7 heteroatoms. The van der Waals surface area contributed by atoms with E-state index in [0.29, 0.717) is 5.56 Å². The van der Waals surface area contributed by atoms with E-state index in [1.54, 1.807) is 6.07 Å². The highest BCUT2D eigenvalue weighted by molar-refractivity contribution is 5.87. The molecule has 1 unspecified atom stereocenters.